The molecule has 4 aromatic rings. The molecule has 4 rings (SSSR count). The van der Waals surface area contributed by atoms with Crippen molar-refractivity contribution in [3.05, 3.63) is 90.8 Å². The number of nitrogens with one attached hydrogen (secondary N) is 1. The van der Waals surface area contributed by atoms with Crippen LogP contribution in [0.15, 0.2) is 68.1 Å². The average Bonchev–Trinajstić information content (AvgIpc) is 2.81. The fourth-order valence-electron chi connectivity index (χ4n) is 3.84. The Bertz CT molecular complexity index is 1620. The van der Waals surface area contributed by atoms with Crippen LogP contribution in [-0.2, 0) is 6.54 Å². The third kappa shape index (κ3) is 4.69. The fraction of sp³-hybridized carbons (Fsp3) is 0.240. The molecule has 3 N–H and O–H groups in total. The number of fused-ring (bicyclic) bond motifs is 1. The maximum absolute atomic E-state index is 13.4. The van der Waals surface area contributed by atoms with Crippen LogP contribution in [0.3, 0.4) is 0 Å². The number of hydrogen-bond acceptors (Lipinski definition) is 7. The van der Waals surface area contributed by atoms with Crippen LogP contribution in [0.2, 0.25) is 0 Å². The van der Waals surface area contributed by atoms with Crippen LogP contribution in [0.4, 0.5) is 5.82 Å². The molecular weight excluding hydrogens is 466 g/mol. The second-order valence-corrected chi connectivity index (χ2v) is 9.52. The summed E-state index contributed by atoms with van der Waals surface area (Å²) in [5, 5.41) is 0.759. The quantitative estimate of drug-likeness (QED) is 0.231. The summed E-state index contributed by atoms with van der Waals surface area (Å²) in [7, 11) is 0. The number of thioether (sulfide) groups is 1. The van der Waals surface area contributed by atoms with Gasteiger partial charge in [-0.25, -0.2) is 9.78 Å². The summed E-state index contributed by atoms with van der Waals surface area (Å²) in [6, 6.07) is 14.4. The number of ketones is 1. The number of para-hydroxylation sites is 2. The number of aromatic amines is 1. The molecule has 0 fully saturated rings. The van der Waals surface area contributed by atoms with Gasteiger partial charge >= 0.3 is 5.69 Å². The summed E-state index contributed by atoms with van der Waals surface area (Å²) in [6.07, 6.45) is 0. The molecule has 10 heteroatoms. The van der Waals surface area contributed by atoms with Crippen LogP contribution < -0.4 is 22.5 Å². The van der Waals surface area contributed by atoms with Gasteiger partial charge in [-0.3, -0.25) is 28.5 Å². The van der Waals surface area contributed by atoms with Gasteiger partial charge in [-0.2, -0.15) is 0 Å². The predicted molar refractivity (Wildman–Crippen MR) is 138 cm³/mol. The maximum Gasteiger partial charge on any atom is 0.329 e. The Morgan fingerprint density at radius 2 is 1.77 bits per heavy atom. The number of carbonyl (C=O) groups is 1. The van der Waals surface area contributed by atoms with Gasteiger partial charge in [0, 0.05) is 6.54 Å². The molecule has 0 saturated carbocycles. The SMILES string of the molecule is Cc1ccccc1-n1c(SCC(=O)c2c(N)n(CC(C)C)c(=O)[nH]c2=O)nc2ccccc2c1=O. The van der Waals surface area contributed by atoms with Gasteiger partial charge < -0.3 is 5.73 Å². The molecule has 0 aliphatic rings. The number of aromatic nitrogens is 4. The van der Waals surface area contributed by atoms with Crippen molar-refractivity contribution in [3.8, 4) is 5.69 Å². The summed E-state index contributed by atoms with van der Waals surface area (Å²) in [5.74, 6) is -0.863. The molecule has 180 valence electrons. The number of nitrogens with two attached hydrogens (primary N) is 1. The maximum atomic E-state index is 13.4. The van der Waals surface area contributed by atoms with E-state index in [2.05, 4.69) is 9.97 Å². The van der Waals surface area contributed by atoms with E-state index in [4.69, 9.17) is 5.73 Å². The Hall–Kier alpha value is -3.92. The van der Waals surface area contributed by atoms with Crippen molar-refractivity contribution in [2.45, 2.75) is 32.5 Å². The van der Waals surface area contributed by atoms with Gasteiger partial charge in [0.15, 0.2) is 10.9 Å². The largest absolute Gasteiger partial charge is 0.384 e. The number of H-pyrrole nitrogens is 1. The van der Waals surface area contributed by atoms with Gasteiger partial charge in [0.05, 0.1) is 22.3 Å². The zero-order chi connectivity index (χ0) is 25.3. The first-order valence-corrected chi connectivity index (χ1v) is 12.0. The normalized spacial score (nSPS) is 11.3. The monoisotopic (exact) mass is 491 g/mol. The minimum absolute atomic E-state index is 0.0728. The molecule has 0 amide bonds. The topological polar surface area (TPSA) is 133 Å². The highest BCUT2D eigenvalue weighted by atomic mass is 32.2. The number of benzene rings is 2. The van der Waals surface area contributed by atoms with Gasteiger partial charge in [-0.05, 0) is 36.6 Å². The third-order valence-corrected chi connectivity index (χ3v) is 6.44. The van der Waals surface area contributed by atoms with E-state index in [1.165, 1.54) is 9.13 Å². The third-order valence-electron chi connectivity index (χ3n) is 5.50. The Labute approximate surface area is 204 Å². The second-order valence-electron chi connectivity index (χ2n) is 8.57. The number of nitrogen functional groups attached to an aromatic ring is 1. The lowest BCUT2D eigenvalue weighted by Gasteiger charge is -2.16. The highest BCUT2D eigenvalue weighted by Crippen LogP contribution is 2.24. The summed E-state index contributed by atoms with van der Waals surface area (Å²) >= 11 is 1.03. The molecule has 2 heterocycles. The summed E-state index contributed by atoms with van der Waals surface area (Å²) < 4.78 is 2.67. The molecule has 0 aliphatic heterocycles. The van der Waals surface area contributed by atoms with Crippen molar-refractivity contribution in [3.63, 3.8) is 0 Å². The number of hydrogen-bond donors (Lipinski definition) is 2. The number of Topliss-reactive ketones (excluding diaryl/α,β-unsaturated/α-hetero) is 1. The Morgan fingerprint density at radius 1 is 1.09 bits per heavy atom. The molecule has 0 bridgehead atoms. The van der Waals surface area contributed by atoms with E-state index in [9.17, 15) is 19.2 Å². The number of aryl methyl sites for hydroxylation is 1. The van der Waals surface area contributed by atoms with Gasteiger partial charge in [-0.1, -0.05) is 55.9 Å². The van der Waals surface area contributed by atoms with Gasteiger partial charge in [0.25, 0.3) is 11.1 Å². The number of rotatable bonds is 7. The summed E-state index contributed by atoms with van der Waals surface area (Å²) in [4.78, 5) is 58.0. The van der Waals surface area contributed by atoms with Crippen LogP contribution in [0.5, 0.6) is 0 Å². The van der Waals surface area contributed by atoms with Crippen LogP contribution in [0.25, 0.3) is 16.6 Å². The van der Waals surface area contributed by atoms with E-state index < -0.39 is 17.0 Å². The van der Waals surface area contributed by atoms with Crippen LogP contribution in [0.1, 0.15) is 29.8 Å². The van der Waals surface area contributed by atoms with Crippen molar-refractivity contribution < 1.29 is 4.79 Å². The first-order chi connectivity index (χ1) is 16.7. The highest BCUT2D eigenvalue weighted by molar-refractivity contribution is 7.99. The van der Waals surface area contributed by atoms with E-state index in [1.807, 2.05) is 45.0 Å². The lowest BCUT2D eigenvalue weighted by atomic mass is 10.2. The van der Waals surface area contributed by atoms with Crippen molar-refractivity contribution in [1.82, 2.24) is 19.1 Å². The number of carbonyl (C=O) groups excluding carboxylic acids is 1. The lowest BCUT2D eigenvalue weighted by Crippen LogP contribution is -2.37. The predicted octanol–water partition coefficient (Wildman–Crippen LogP) is 2.76. The molecular formula is C25H25N5O4S. The zero-order valence-electron chi connectivity index (χ0n) is 19.6. The number of nitrogens with zero attached hydrogens (tertiary/aromatic N) is 3. The molecule has 2 aromatic heterocycles. The smallest absolute Gasteiger partial charge is 0.329 e. The van der Waals surface area contributed by atoms with E-state index in [0.29, 0.717) is 21.7 Å². The molecule has 0 atom stereocenters. The van der Waals surface area contributed by atoms with E-state index >= 15 is 0 Å². The standard InChI is InChI=1S/C25H25N5O4S/c1-14(2)12-29-21(26)20(22(32)28-24(29)34)19(31)13-35-25-27-17-10-6-5-9-16(17)23(33)30(25)18-11-7-4-8-15(18)3/h4-11,14H,12-13,26H2,1-3H3,(H,28,32,34). The molecule has 0 aliphatic carbocycles. The molecule has 0 radical (unpaired) electrons. The zero-order valence-corrected chi connectivity index (χ0v) is 20.4. The molecule has 0 unspecified atom stereocenters. The minimum atomic E-state index is -0.833. The van der Waals surface area contributed by atoms with Crippen molar-refractivity contribution >= 4 is 34.3 Å². The minimum Gasteiger partial charge on any atom is -0.384 e. The Balaban J connectivity index is 1.78. The molecule has 9 nitrogen and oxygen atoms in total. The van der Waals surface area contributed by atoms with Gasteiger partial charge in [-0.15, -0.1) is 0 Å². The number of anilines is 1. The van der Waals surface area contributed by atoms with Crippen LogP contribution in [-0.4, -0.2) is 30.6 Å². The summed E-state index contributed by atoms with van der Waals surface area (Å²) in [6.45, 7) is 5.93. The first-order valence-electron chi connectivity index (χ1n) is 11.1. The van der Waals surface area contributed by atoms with Crippen LogP contribution in [0, 0.1) is 12.8 Å². The second kappa shape index (κ2) is 9.75. The first kappa shape index (κ1) is 24.2. The average molecular weight is 492 g/mol. The Kier molecular flexibility index (Phi) is 6.74. The van der Waals surface area contributed by atoms with E-state index in [-0.39, 0.29) is 35.2 Å². The van der Waals surface area contributed by atoms with Crippen molar-refractivity contribution in [2.75, 3.05) is 11.5 Å². The van der Waals surface area contributed by atoms with Gasteiger partial charge in [0.1, 0.15) is 11.4 Å². The molecule has 35 heavy (non-hydrogen) atoms. The fourth-order valence-corrected chi connectivity index (χ4v) is 4.72. The Morgan fingerprint density at radius 3 is 2.49 bits per heavy atom. The van der Waals surface area contributed by atoms with E-state index in [0.717, 1.165) is 17.3 Å². The summed E-state index contributed by atoms with van der Waals surface area (Å²) in [5.41, 5.74) is 6.07. The van der Waals surface area contributed by atoms with Crippen molar-refractivity contribution in [2.24, 2.45) is 5.92 Å². The van der Waals surface area contributed by atoms with Crippen LogP contribution >= 0.6 is 11.8 Å². The molecule has 2 aromatic carbocycles. The van der Waals surface area contributed by atoms with Gasteiger partial charge in [0.2, 0.25) is 0 Å². The highest BCUT2D eigenvalue weighted by Gasteiger charge is 2.22. The lowest BCUT2D eigenvalue weighted by molar-refractivity contribution is 0.102. The molecule has 0 spiro atoms. The van der Waals surface area contributed by atoms with E-state index in [1.54, 1.807) is 24.3 Å². The molecule has 0 saturated heterocycles. The van der Waals surface area contributed by atoms with Crippen molar-refractivity contribution in [1.29, 1.82) is 0 Å².